The Morgan fingerprint density at radius 1 is 1.24 bits per heavy atom. The van der Waals surface area contributed by atoms with Crippen LogP contribution in [0.1, 0.15) is 42.9 Å². The molecule has 0 radical (unpaired) electrons. The van der Waals surface area contributed by atoms with Gasteiger partial charge in [0.2, 0.25) is 0 Å². The number of nitrogens with one attached hydrogen (secondary N) is 1. The van der Waals surface area contributed by atoms with Crippen LogP contribution in [0.4, 0.5) is 5.82 Å². The van der Waals surface area contributed by atoms with E-state index < -0.39 is 0 Å². The molecule has 0 saturated carbocycles. The van der Waals surface area contributed by atoms with E-state index in [0.29, 0.717) is 12.1 Å². The third-order valence-electron chi connectivity index (χ3n) is 3.78. The van der Waals surface area contributed by atoms with Gasteiger partial charge < -0.3 is 10.2 Å². The lowest BCUT2D eigenvalue weighted by atomic mass is 10.1. The van der Waals surface area contributed by atoms with Gasteiger partial charge in [-0.2, -0.15) is 0 Å². The normalized spacial score (nSPS) is 12.7. The first-order valence-electron chi connectivity index (χ1n) is 7.45. The second-order valence-corrected chi connectivity index (χ2v) is 6.73. The summed E-state index contributed by atoms with van der Waals surface area (Å²) in [6, 6.07) is 9.42. The minimum absolute atomic E-state index is 0.344. The van der Waals surface area contributed by atoms with Gasteiger partial charge in [0.1, 0.15) is 5.82 Å². The van der Waals surface area contributed by atoms with Gasteiger partial charge in [0.05, 0.1) is 6.04 Å². The van der Waals surface area contributed by atoms with E-state index in [4.69, 9.17) is 4.98 Å². The highest BCUT2D eigenvalue weighted by Crippen LogP contribution is 2.27. The zero-order valence-corrected chi connectivity index (χ0v) is 14.4. The van der Waals surface area contributed by atoms with E-state index in [0.717, 1.165) is 18.1 Å². The van der Waals surface area contributed by atoms with Crippen LogP contribution in [-0.4, -0.2) is 18.1 Å². The second-order valence-electron chi connectivity index (χ2n) is 5.75. The molecule has 0 aliphatic heterocycles. The summed E-state index contributed by atoms with van der Waals surface area (Å²) >= 11 is 1.79. The Morgan fingerprint density at radius 3 is 2.57 bits per heavy atom. The Hall–Kier alpha value is -1.39. The summed E-state index contributed by atoms with van der Waals surface area (Å²) in [7, 11) is 2.11. The maximum atomic E-state index is 4.77. The summed E-state index contributed by atoms with van der Waals surface area (Å²) in [5.74, 6) is 1.03. The van der Waals surface area contributed by atoms with E-state index in [2.05, 4.69) is 74.6 Å². The van der Waals surface area contributed by atoms with Crippen molar-refractivity contribution in [2.75, 3.05) is 11.9 Å². The van der Waals surface area contributed by atoms with Gasteiger partial charge in [0.15, 0.2) is 0 Å². The molecule has 0 bridgehead atoms. The maximum absolute atomic E-state index is 4.77. The molecule has 0 aliphatic carbocycles. The molecule has 0 fully saturated rings. The number of anilines is 1. The van der Waals surface area contributed by atoms with Crippen molar-refractivity contribution in [3.8, 4) is 0 Å². The van der Waals surface area contributed by atoms with Crippen molar-refractivity contribution >= 4 is 17.2 Å². The van der Waals surface area contributed by atoms with Crippen LogP contribution in [0, 0.1) is 6.92 Å². The average Bonchev–Trinajstić information content (AvgIpc) is 2.98. The summed E-state index contributed by atoms with van der Waals surface area (Å²) in [6.45, 7) is 9.50. The van der Waals surface area contributed by atoms with E-state index in [9.17, 15) is 0 Å². The Labute approximate surface area is 132 Å². The predicted molar refractivity (Wildman–Crippen MR) is 92.1 cm³/mol. The molecule has 0 aliphatic rings. The van der Waals surface area contributed by atoms with Crippen LogP contribution >= 0.6 is 11.3 Å². The number of pyridine rings is 1. The van der Waals surface area contributed by atoms with Crippen LogP contribution in [0.3, 0.4) is 0 Å². The number of thiophene rings is 1. The number of hydrogen-bond donors (Lipinski definition) is 1. The largest absolute Gasteiger partial charge is 0.352 e. The summed E-state index contributed by atoms with van der Waals surface area (Å²) in [6.07, 6.45) is 0. The van der Waals surface area contributed by atoms with Gasteiger partial charge >= 0.3 is 0 Å². The minimum Gasteiger partial charge on any atom is -0.352 e. The Kier molecular flexibility index (Phi) is 5.37. The quantitative estimate of drug-likeness (QED) is 0.869. The molecule has 0 spiro atoms. The zero-order valence-electron chi connectivity index (χ0n) is 13.6. The molecule has 0 amide bonds. The smallest absolute Gasteiger partial charge is 0.129 e. The van der Waals surface area contributed by atoms with Crippen molar-refractivity contribution in [2.45, 2.75) is 46.3 Å². The summed E-state index contributed by atoms with van der Waals surface area (Å²) in [5, 5.41) is 5.57. The first-order valence-corrected chi connectivity index (χ1v) is 8.33. The topological polar surface area (TPSA) is 28.2 Å². The zero-order chi connectivity index (χ0) is 15.4. The Morgan fingerprint density at radius 2 is 2.00 bits per heavy atom. The van der Waals surface area contributed by atoms with Crippen molar-refractivity contribution in [3.63, 3.8) is 0 Å². The van der Waals surface area contributed by atoms with Gasteiger partial charge in [-0.15, -0.1) is 11.3 Å². The standard InChI is InChI=1S/C17H25N3S/c1-12(2)18-11-15-8-9-17(19-13(15)3)20(5)14(4)16-7-6-10-21-16/h6-10,12,14,18H,11H2,1-5H3. The molecule has 0 aromatic carbocycles. The molecular formula is C17H25N3S. The van der Waals surface area contributed by atoms with Crippen molar-refractivity contribution in [1.82, 2.24) is 10.3 Å². The number of aryl methyl sites for hydroxylation is 1. The van der Waals surface area contributed by atoms with Gasteiger partial charge in [-0.05, 0) is 36.9 Å². The SMILES string of the molecule is Cc1nc(N(C)C(C)c2cccs2)ccc1CNC(C)C. The lowest BCUT2D eigenvalue weighted by Gasteiger charge is -2.26. The highest BCUT2D eigenvalue weighted by atomic mass is 32.1. The Balaban J connectivity index is 2.12. The molecule has 4 heteroatoms. The van der Waals surface area contributed by atoms with E-state index in [1.165, 1.54) is 10.4 Å². The molecule has 2 rings (SSSR count). The van der Waals surface area contributed by atoms with Crippen LogP contribution < -0.4 is 10.2 Å². The molecule has 2 aromatic rings. The fourth-order valence-corrected chi connectivity index (χ4v) is 3.02. The lowest BCUT2D eigenvalue weighted by Crippen LogP contribution is -2.24. The highest BCUT2D eigenvalue weighted by Gasteiger charge is 2.15. The van der Waals surface area contributed by atoms with Crippen molar-refractivity contribution in [1.29, 1.82) is 0 Å². The van der Waals surface area contributed by atoms with Gasteiger partial charge in [0, 0.05) is 30.2 Å². The molecule has 2 heterocycles. The second kappa shape index (κ2) is 7.05. The van der Waals surface area contributed by atoms with E-state index >= 15 is 0 Å². The van der Waals surface area contributed by atoms with Gasteiger partial charge in [-0.3, -0.25) is 0 Å². The number of hydrogen-bond acceptors (Lipinski definition) is 4. The third-order valence-corrected chi connectivity index (χ3v) is 4.82. The van der Waals surface area contributed by atoms with Crippen LogP contribution in [0.25, 0.3) is 0 Å². The van der Waals surface area contributed by atoms with Crippen molar-refractivity contribution in [2.24, 2.45) is 0 Å². The minimum atomic E-state index is 0.344. The highest BCUT2D eigenvalue weighted by molar-refractivity contribution is 7.10. The van der Waals surface area contributed by atoms with Crippen LogP contribution in [0.15, 0.2) is 29.6 Å². The molecule has 0 saturated heterocycles. The lowest BCUT2D eigenvalue weighted by molar-refractivity contribution is 0.586. The fraction of sp³-hybridized carbons (Fsp3) is 0.471. The maximum Gasteiger partial charge on any atom is 0.129 e. The van der Waals surface area contributed by atoms with Crippen LogP contribution in [0.5, 0.6) is 0 Å². The average molecular weight is 303 g/mol. The molecule has 1 N–H and O–H groups in total. The van der Waals surface area contributed by atoms with E-state index in [1.54, 1.807) is 11.3 Å². The predicted octanol–water partition coefficient (Wildman–Crippen LogP) is 4.15. The van der Waals surface area contributed by atoms with E-state index in [1.807, 2.05) is 0 Å². The molecule has 3 nitrogen and oxygen atoms in total. The molecule has 2 aromatic heterocycles. The molecule has 21 heavy (non-hydrogen) atoms. The molecular weight excluding hydrogens is 278 g/mol. The number of aromatic nitrogens is 1. The van der Waals surface area contributed by atoms with Crippen LogP contribution in [0.2, 0.25) is 0 Å². The van der Waals surface area contributed by atoms with E-state index in [-0.39, 0.29) is 0 Å². The van der Waals surface area contributed by atoms with Gasteiger partial charge in [-0.25, -0.2) is 4.98 Å². The number of rotatable bonds is 6. The van der Waals surface area contributed by atoms with Crippen LogP contribution in [-0.2, 0) is 6.54 Å². The molecule has 1 unspecified atom stereocenters. The fourth-order valence-electron chi connectivity index (χ4n) is 2.19. The molecule has 114 valence electrons. The summed E-state index contributed by atoms with van der Waals surface area (Å²) in [5.41, 5.74) is 2.37. The van der Waals surface area contributed by atoms with Crippen molar-refractivity contribution < 1.29 is 0 Å². The first-order chi connectivity index (χ1) is 9.99. The monoisotopic (exact) mass is 303 g/mol. The third kappa shape index (κ3) is 4.05. The summed E-state index contributed by atoms with van der Waals surface area (Å²) < 4.78 is 0. The summed E-state index contributed by atoms with van der Waals surface area (Å²) in [4.78, 5) is 8.37. The Bertz CT molecular complexity index is 563. The van der Waals surface area contributed by atoms with Gasteiger partial charge in [0.25, 0.3) is 0 Å². The van der Waals surface area contributed by atoms with Gasteiger partial charge in [-0.1, -0.05) is 26.0 Å². The number of nitrogens with zero attached hydrogens (tertiary/aromatic N) is 2. The van der Waals surface area contributed by atoms with Crippen molar-refractivity contribution in [3.05, 3.63) is 45.8 Å². The molecule has 1 atom stereocenters. The first kappa shape index (κ1) is 16.0.